The number of carbonyl (C=O) groups is 2. The Labute approximate surface area is 140 Å². The molecule has 5 nitrogen and oxygen atoms in total. The van der Waals surface area contributed by atoms with E-state index in [1.165, 1.54) is 12.1 Å². The lowest BCUT2D eigenvalue weighted by atomic mass is 9.81. The standard InChI is InChI=1S/C18H22FNO4/c19-15-10-13(7-8-16(15)24-14-5-2-6-14)20-17(21)11-3-1-4-12(9-11)18(22)23/h7-8,10-12,14H,1-6,9H2,(H,20,21)(H,22,23). The van der Waals surface area contributed by atoms with Crippen LogP contribution in [0.4, 0.5) is 10.1 Å². The summed E-state index contributed by atoms with van der Waals surface area (Å²) in [5.41, 5.74) is 0.371. The zero-order chi connectivity index (χ0) is 17.1. The molecule has 2 atom stereocenters. The first kappa shape index (κ1) is 16.7. The molecule has 2 aliphatic carbocycles. The monoisotopic (exact) mass is 335 g/mol. The first-order chi connectivity index (χ1) is 11.5. The molecule has 1 aromatic carbocycles. The van der Waals surface area contributed by atoms with E-state index in [4.69, 9.17) is 9.84 Å². The van der Waals surface area contributed by atoms with Gasteiger partial charge in [-0.3, -0.25) is 9.59 Å². The van der Waals surface area contributed by atoms with Crippen molar-refractivity contribution in [2.75, 3.05) is 5.32 Å². The molecule has 3 rings (SSSR count). The van der Waals surface area contributed by atoms with E-state index in [0.29, 0.717) is 24.9 Å². The van der Waals surface area contributed by atoms with Gasteiger partial charge in [-0.15, -0.1) is 0 Å². The number of hydrogen-bond acceptors (Lipinski definition) is 3. The number of rotatable bonds is 5. The zero-order valence-electron chi connectivity index (χ0n) is 13.5. The van der Waals surface area contributed by atoms with Crippen molar-refractivity contribution in [2.45, 2.75) is 51.0 Å². The fourth-order valence-electron chi connectivity index (χ4n) is 3.24. The normalized spacial score (nSPS) is 24.0. The van der Waals surface area contributed by atoms with Gasteiger partial charge in [0, 0.05) is 17.7 Å². The van der Waals surface area contributed by atoms with Gasteiger partial charge in [0.15, 0.2) is 11.6 Å². The van der Waals surface area contributed by atoms with Crippen LogP contribution in [0.25, 0.3) is 0 Å². The Morgan fingerprint density at radius 2 is 1.83 bits per heavy atom. The van der Waals surface area contributed by atoms with Crippen LogP contribution >= 0.6 is 0 Å². The Morgan fingerprint density at radius 1 is 1.12 bits per heavy atom. The molecule has 2 N–H and O–H groups in total. The van der Waals surface area contributed by atoms with Crippen LogP contribution in [-0.4, -0.2) is 23.1 Å². The van der Waals surface area contributed by atoms with Crippen molar-refractivity contribution >= 4 is 17.6 Å². The molecule has 1 amide bonds. The lowest BCUT2D eigenvalue weighted by Crippen LogP contribution is -2.31. The van der Waals surface area contributed by atoms with Crippen LogP contribution in [0.5, 0.6) is 5.75 Å². The number of nitrogens with one attached hydrogen (secondary N) is 1. The van der Waals surface area contributed by atoms with Crippen LogP contribution < -0.4 is 10.1 Å². The average molecular weight is 335 g/mol. The topological polar surface area (TPSA) is 75.6 Å². The highest BCUT2D eigenvalue weighted by molar-refractivity contribution is 5.93. The number of carbonyl (C=O) groups excluding carboxylic acids is 1. The molecule has 2 unspecified atom stereocenters. The van der Waals surface area contributed by atoms with Gasteiger partial charge in [-0.05, 0) is 50.7 Å². The SMILES string of the molecule is O=C(O)C1CCCC(C(=O)Nc2ccc(OC3CCC3)c(F)c2)C1. The number of amides is 1. The van der Waals surface area contributed by atoms with Crippen molar-refractivity contribution in [2.24, 2.45) is 11.8 Å². The molecular formula is C18H22FNO4. The van der Waals surface area contributed by atoms with Gasteiger partial charge in [-0.2, -0.15) is 0 Å². The summed E-state index contributed by atoms with van der Waals surface area (Å²) in [7, 11) is 0. The fraction of sp³-hybridized carbons (Fsp3) is 0.556. The highest BCUT2D eigenvalue weighted by Crippen LogP contribution is 2.31. The van der Waals surface area contributed by atoms with E-state index in [9.17, 15) is 14.0 Å². The van der Waals surface area contributed by atoms with E-state index in [-0.39, 0.29) is 23.7 Å². The van der Waals surface area contributed by atoms with Crippen molar-refractivity contribution in [3.8, 4) is 5.75 Å². The van der Waals surface area contributed by atoms with Crippen LogP contribution in [0, 0.1) is 17.7 Å². The van der Waals surface area contributed by atoms with Crippen LogP contribution in [0.2, 0.25) is 0 Å². The highest BCUT2D eigenvalue weighted by Gasteiger charge is 2.31. The molecule has 0 saturated heterocycles. The Hall–Kier alpha value is -2.11. The maximum absolute atomic E-state index is 14.1. The summed E-state index contributed by atoms with van der Waals surface area (Å²) in [5.74, 6) is -2.18. The molecule has 2 saturated carbocycles. The third-order valence-electron chi connectivity index (χ3n) is 4.94. The average Bonchev–Trinajstić information content (AvgIpc) is 2.52. The summed E-state index contributed by atoms with van der Waals surface area (Å²) in [5, 5.41) is 11.8. The first-order valence-electron chi connectivity index (χ1n) is 8.53. The van der Waals surface area contributed by atoms with E-state index in [1.807, 2.05) is 0 Å². The summed E-state index contributed by atoms with van der Waals surface area (Å²) < 4.78 is 19.6. The fourth-order valence-corrected chi connectivity index (χ4v) is 3.24. The number of benzene rings is 1. The van der Waals surface area contributed by atoms with E-state index < -0.39 is 17.7 Å². The van der Waals surface area contributed by atoms with Crippen molar-refractivity contribution in [3.63, 3.8) is 0 Å². The number of carboxylic acid groups (broad SMARTS) is 1. The van der Waals surface area contributed by atoms with Gasteiger partial charge < -0.3 is 15.2 Å². The maximum Gasteiger partial charge on any atom is 0.306 e. The largest absolute Gasteiger partial charge is 0.487 e. The molecule has 0 radical (unpaired) electrons. The van der Waals surface area contributed by atoms with E-state index in [0.717, 1.165) is 25.7 Å². The van der Waals surface area contributed by atoms with Gasteiger partial charge in [0.1, 0.15) is 0 Å². The Bertz CT molecular complexity index is 629. The summed E-state index contributed by atoms with van der Waals surface area (Å²) in [6.45, 7) is 0. The van der Waals surface area contributed by atoms with E-state index in [1.54, 1.807) is 6.07 Å². The van der Waals surface area contributed by atoms with Crippen LogP contribution in [0.1, 0.15) is 44.9 Å². The second-order valence-electron chi connectivity index (χ2n) is 6.70. The molecule has 0 spiro atoms. The van der Waals surface area contributed by atoms with Crippen LogP contribution in [-0.2, 0) is 9.59 Å². The number of carboxylic acids is 1. The third-order valence-corrected chi connectivity index (χ3v) is 4.94. The molecule has 6 heteroatoms. The minimum Gasteiger partial charge on any atom is -0.487 e. The lowest BCUT2D eigenvalue weighted by Gasteiger charge is -2.27. The number of halogens is 1. The molecule has 2 fully saturated rings. The molecule has 24 heavy (non-hydrogen) atoms. The molecule has 2 aliphatic rings. The van der Waals surface area contributed by atoms with Crippen molar-refractivity contribution < 1.29 is 23.8 Å². The lowest BCUT2D eigenvalue weighted by molar-refractivity contribution is -0.143. The van der Waals surface area contributed by atoms with Gasteiger partial charge in [-0.25, -0.2) is 4.39 Å². The smallest absolute Gasteiger partial charge is 0.306 e. The Balaban J connectivity index is 1.59. The van der Waals surface area contributed by atoms with Crippen LogP contribution in [0.15, 0.2) is 18.2 Å². The molecule has 0 aromatic heterocycles. The zero-order valence-corrected chi connectivity index (χ0v) is 13.5. The third kappa shape index (κ3) is 3.86. The van der Waals surface area contributed by atoms with Crippen molar-refractivity contribution in [3.05, 3.63) is 24.0 Å². The number of ether oxygens (including phenoxy) is 1. The van der Waals surface area contributed by atoms with Gasteiger partial charge in [0.25, 0.3) is 0 Å². The highest BCUT2D eigenvalue weighted by atomic mass is 19.1. The predicted molar refractivity (Wildman–Crippen MR) is 86.4 cm³/mol. The van der Waals surface area contributed by atoms with E-state index in [2.05, 4.69) is 5.32 Å². The van der Waals surface area contributed by atoms with Gasteiger partial charge in [0.2, 0.25) is 5.91 Å². The predicted octanol–water partition coefficient (Wildman–Crippen LogP) is 3.59. The Morgan fingerprint density at radius 3 is 2.46 bits per heavy atom. The first-order valence-corrected chi connectivity index (χ1v) is 8.53. The number of anilines is 1. The van der Waals surface area contributed by atoms with Gasteiger partial charge in [0.05, 0.1) is 12.0 Å². The minimum atomic E-state index is -0.851. The molecule has 1 aromatic rings. The van der Waals surface area contributed by atoms with Gasteiger partial charge in [-0.1, -0.05) is 6.42 Å². The molecule has 130 valence electrons. The second-order valence-corrected chi connectivity index (χ2v) is 6.70. The molecule has 0 aliphatic heterocycles. The number of hydrogen-bond donors (Lipinski definition) is 2. The molecule has 0 bridgehead atoms. The van der Waals surface area contributed by atoms with Gasteiger partial charge >= 0.3 is 5.97 Å². The second kappa shape index (κ2) is 7.20. The molecule has 0 heterocycles. The van der Waals surface area contributed by atoms with E-state index >= 15 is 0 Å². The summed E-state index contributed by atoms with van der Waals surface area (Å²) >= 11 is 0. The summed E-state index contributed by atoms with van der Waals surface area (Å²) in [6.07, 6.45) is 5.44. The quantitative estimate of drug-likeness (QED) is 0.862. The summed E-state index contributed by atoms with van der Waals surface area (Å²) in [4.78, 5) is 23.4. The number of aliphatic carboxylic acids is 1. The Kier molecular flexibility index (Phi) is 5.02. The minimum absolute atomic E-state index is 0.0927. The maximum atomic E-state index is 14.1. The summed E-state index contributed by atoms with van der Waals surface area (Å²) in [6, 6.07) is 4.40. The molecular weight excluding hydrogens is 313 g/mol. The van der Waals surface area contributed by atoms with Crippen LogP contribution in [0.3, 0.4) is 0 Å². The van der Waals surface area contributed by atoms with Crippen molar-refractivity contribution in [1.29, 1.82) is 0 Å². The van der Waals surface area contributed by atoms with Crippen molar-refractivity contribution in [1.82, 2.24) is 0 Å².